The summed E-state index contributed by atoms with van der Waals surface area (Å²) < 4.78 is 5.15. The zero-order valence-electron chi connectivity index (χ0n) is 15.7. The molecular formula is C21H27N3O3. The SMILES string of the molecule is COc1cccc(C=NNC(=O)CNC(=O)C23CC4CC(CC(C4)C2)C3)c1. The molecule has 0 aliphatic heterocycles. The van der Waals surface area contributed by atoms with Crippen molar-refractivity contribution < 1.29 is 14.3 Å². The van der Waals surface area contributed by atoms with E-state index in [1.54, 1.807) is 13.3 Å². The summed E-state index contributed by atoms with van der Waals surface area (Å²) in [6.45, 7) is -0.0317. The van der Waals surface area contributed by atoms with Gasteiger partial charge in [-0.1, -0.05) is 12.1 Å². The molecular weight excluding hydrogens is 342 g/mol. The fourth-order valence-electron chi connectivity index (χ4n) is 5.68. The Morgan fingerprint density at radius 3 is 2.48 bits per heavy atom. The Balaban J connectivity index is 1.27. The normalized spacial score (nSPS) is 31.1. The molecule has 144 valence electrons. The van der Waals surface area contributed by atoms with Gasteiger partial charge in [0.25, 0.3) is 5.91 Å². The van der Waals surface area contributed by atoms with Crippen molar-refractivity contribution in [3.63, 3.8) is 0 Å². The van der Waals surface area contributed by atoms with Crippen molar-refractivity contribution in [2.45, 2.75) is 38.5 Å². The number of hydrazone groups is 1. The van der Waals surface area contributed by atoms with Gasteiger partial charge in [0.05, 0.1) is 19.9 Å². The Morgan fingerprint density at radius 2 is 1.85 bits per heavy atom. The number of nitrogens with zero attached hydrogens (tertiary/aromatic N) is 1. The van der Waals surface area contributed by atoms with Gasteiger partial charge in [-0.25, -0.2) is 5.43 Å². The minimum absolute atomic E-state index is 0.0317. The molecule has 4 fully saturated rings. The highest BCUT2D eigenvalue weighted by molar-refractivity contribution is 5.89. The van der Waals surface area contributed by atoms with E-state index in [4.69, 9.17) is 4.74 Å². The smallest absolute Gasteiger partial charge is 0.259 e. The van der Waals surface area contributed by atoms with Gasteiger partial charge < -0.3 is 10.1 Å². The van der Waals surface area contributed by atoms with E-state index in [1.807, 2.05) is 24.3 Å². The third kappa shape index (κ3) is 3.84. The lowest BCUT2D eigenvalue weighted by Gasteiger charge is -2.55. The largest absolute Gasteiger partial charge is 0.497 e. The number of ether oxygens (including phenoxy) is 1. The number of amides is 2. The zero-order valence-corrected chi connectivity index (χ0v) is 15.7. The monoisotopic (exact) mass is 369 g/mol. The lowest BCUT2D eigenvalue weighted by Crippen LogP contribution is -2.54. The van der Waals surface area contributed by atoms with Crippen LogP contribution in [0.15, 0.2) is 29.4 Å². The van der Waals surface area contributed by atoms with E-state index in [1.165, 1.54) is 19.3 Å². The maximum atomic E-state index is 12.8. The average molecular weight is 369 g/mol. The Labute approximate surface area is 159 Å². The van der Waals surface area contributed by atoms with Crippen LogP contribution in [0, 0.1) is 23.2 Å². The van der Waals surface area contributed by atoms with Crippen molar-refractivity contribution >= 4 is 18.0 Å². The van der Waals surface area contributed by atoms with E-state index < -0.39 is 0 Å². The van der Waals surface area contributed by atoms with Crippen LogP contribution in [0.2, 0.25) is 0 Å². The van der Waals surface area contributed by atoms with Crippen LogP contribution in [-0.4, -0.2) is 31.7 Å². The first-order chi connectivity index (χ1) is 13.1. The second-order valence-corrected chi connectivity index (χ2v) is 8.45. The molecule has 0 spiro atoms. The molecule has 6 heteroatoms. The Morgan fingerprint density at radius 1 is 1.19 bits per heavy atom. The van der Waals surface area contributed by atoms with Gasteiger partial charge in [-0.15, -0.1) is 0 Å². The lowest BCUT2D eigenvalue weighted by atomic mass is 9.49. The van der Waals surface area contributed by atoms with E-state index in [0.29, 0.717) is 17.8 Å². The standard InChI is InChI=1S/C21H27N3O3/c1-27-18-4-2-3-14(8-18)12-23-24-19(25)13-22-20(26)21-9-15-5-16(10-21)7-17(6-15)11-21/h2-4,8,12,15-17H,5-7,9-11,13H2,1H3,(H,22,26)(H,24,25). The van der Waals surface area contributed by atoms with Gasteiger partial charge in [0.15, 0.2) is 0 Å². The van der Waals surface area contributed by atoms with E-state index >= 15 is 0 Å². The molecule has 4 bridgehead atoms. The van der Waals surface area contributed by atoms with Crippen molar-refractivity contribution in [2.75, 3.05) is 13.7 Å². The van der Waals surface area contributed by atoms with Gasteiger partial charge in [-0.3, -0.25) is 9.59 Å². The minimum Gasteiger partial charge on any atom is -0.497 e. The van der Waals surface area contributed by atoms with Crippen LogP contribution >= 0.6 is 0 Å². The third-order valence-corrected chi connectivity index (χ3v) is 6.43. The number of carbonyl (C=O) groups is 2. The first-order valence-corrected chi connectivity index (χ1v) is 9.80. The van der Waals surface area contributed by atoms with E-state index in [0.717, 1.165) is 30.6 Å². The number of methoxy groups -OCH3 is 1. The Hall–Kier alpha value is -2.37. The minimum atomic E-state index is -0.313. The molecule has 5 rings (SSSR count). The summed E-state index contributed by atoms with van der Waals surface area (Å²) in [5.41, 5.74) is 3.08. The molecule has 4 aliphatic rings. The quantitative estimate of drug-likeness (QED) is 0.597. The first-order valence-electron chi connectivity index (χ1n) is 9.80. The van der Waals surface area contributed by atoms with Crippen molar-refractivity contribution in [2.24, 2.45) is 28.3 Å². The molecule has 4 saturated carbocycles. The number of nitrogens with one attached hydrogen (secondary N) is 2. The summed E-state index contributed by atoms with van der Waals surface area (Å²) in [6.07, 6.45) is 8.45. The van der Waals surface area contributed by atoms with Gasteiger partial charge in [0.2, 0.25) is 5.91 Å². The molecule has 0 aromatic heterocycles. The fourth-order valence-corrected chi connectivity index (χ4v) is 5.68. The molecule has 4 aliphatic carbocycles. The predicted octanol–water partition coefficient (Wildman–Crippen LogP) is 2.48. The second-order valence-electron chi connectivity index (χ2n) is 8.45. The van der Waals surface area contributed by atoms with Crippen LogP contribution in [0.5, 0.6) is 5.75 Å². The second kappa shape index (κ2) is 7.33. The lowest BCUT2D eigenvalue weighted by molar-refractivity contribution is -0.147. The molecule has 2 amide bonds. The van der Waals surface area contributed by atoms with Gasteiger partial charge >= 0.3 is 0 Å². The molecule has 27 heavy (non-hydrogen) atoms. The number of benzene rings is 1. The van der Waals surface area contributed by atoms with Gasteiger partial charge in [0, 0.05) is 5.41 Å². The third-order valence-electron chi connectivity index (χ3n) is 6.43. The van der Waals surface area contributed by atoms with Crippen molar-refractivity contribution in [1.29, 1.82) is 0 Å². The van der Waals surface area contributed by atoms with Crippen molar-refractivity contribution in [3.8, 4) is 5.75 Å². The van der Waals surface area contributed by atoms with E-state index in [-0.39, 0.29) is 23.8 Å². The summed E-state index contributed by atoms with van der Waals surface area (Å²) in [5.74, 6) is 2.61. The maximum absolute atomic E-state index is 12.8. The number of hydrogen-bond donors (Lipinski definition) is 2. The van der Waals surface area contributed by atoms with Crippen LogP contribution < -0.4 is 15.5 Å². The summed E-state index contributed by atoms with van der Waals surface area (Å²) in [7, 11) is 1.60. The Bertz CT molecular complexity index is 724. The highest BCUT2D eigenvalue weighted by Gasteiger charge is 2.54. The van der Waals surface area contributed by atoms with Gasteiger partial charge in [0.1, 0.15) is 5.75 Å². The van der Waals surface area contributed by atoms with Crippen LogP contribution in [0.4, 0.5) is 0 Å². The van der Waals surface area contributed by atoms with Crippen LogP contribution in [0.3, 0.4) is 0 Å². The first kappa shape index (κ1) is 18.0. The predicted molar refractivity (Wildman–Crippen MR) is 102 cm³/mol. The number of carbonyl (C=O) groups excluding carboxylic acids is 2. The van der Waals surface area contributed by atoms with Crippen molar-refractivity contribution in [3.05, 3.63) is 29.8 Å². The van der Waals surface area contributed by atoms with E-state index in [2.05, 4.69) is 15.8 Å². The number of rotatable bonds is 6. The molecule has 1 aromatic carbocycles. The van der Waals surface area contributed by atoms with Gasteiger partial charge in [-0.2, -0.15) is 5.10 Å². The molecule has 0 heterocycles. The molecule has 0 atom stereocenters. The van der Waals surface area contributed by atoms with E-state index in [9.17, 15) is 9.59 Å². The van der Waals surface area contributed by atoms with Gasteiger partial charge in [-0.05, 0) is 74.0 Å². The van der Waals surface area contributed by atoms with Crippen LogP contribution in [0.25, 0.3) is 0 Å². The van der Waals surface area contributed by atoms with Crippen LogP contribution in [-0.2, 0) is 9.59 Å². The highest BCUT2D eigenvalue weighted by Crippen LogP contribution is 2.60. The average Bonchev–Trinajstić information content (AvgIpc) is 2.65. The van der Waals surface area contributed by atoms with Crippen molar-refractivity contribution in [1.82, 2.24) is 10.7 Å². The molecule has 1 aromatic rings. The topological polar surface area (TPSA) is 79.8 Å². The summed E-state index contributed by atoms with van der Waals surface area (Å²) in [4.78, 5) is 24.8. The summed E-state index contributed by atoms with van der Waals surface area (Å²) in [6, 6.07) is 7.39. The highest BCUT2D eigenvalue weighted by atomic mass is 16.5. The molecule has 0 unspecified atom stereocenters. The Kier molecular flexibility index (Phi) is 4.89. The fraction of sp³-hybridized carbons (Fsp3) is 0.571. The maximum Gasteiger partial charge on any atom is 0.259 e. The number of hydrogen-bond acceptors (Lipinski definition) is 4. The summed E-state index contributed by atoms with van der Waals surface area (Å²) >= 11 is 0. The zero-order chi connectivity index (χ0) is 18.9. The summed E-state index contributed by atoms with van der Waals surface area (Å²) in [5, 5.41) is 6.82. The molecule has 0 saturated heterocycles. The molecule has 2 N–H and O–H groups in total. The van der Waals surface area contributed by atoms with Crippen LogP contribution in [0.1, 0.15) is 44.1 Å². The molecule has 0 radical (unpaired) electrons. The molecule has 6 nitrogen and oxygen atoms in total.